The number of halogens is 1. The van der Waals surface area contributed by atoms with Crippen molar-refractivity contribution < 1.29 is 9.59 Å². The van der Waals surface area contributed by atoms with Crippen LogP contribution in [0, 0.1) is 0 Å². The molecular weight excluding hydrogens is 392 g/mol. The van der Waals surface area contributed by atoms with Crippen LogP contribution in [0.15, 0.2) is 28.6 Å². The lowest BCUT2D eigenvalue weighted by atomic mass is 9.95. The van der Waals surface area contributed by atoms with Gasteiger partial charge in [0.05, 0.1) is 5.75 Å². The Bertz CT molecular complexity index is 778. The highest BCUT2D eigenvalue weighted by Gasteiger charge is 2.17. The van der Waals surface area contributed by atoms with Crippen molar-refractivity contribution in [2.45, 2.75) is 42.5 Å². The number of carbonyl (C=O) groups excluding carboxylic acids is 2. The number of nitrogens with zero attached hydrogens (tertiary/aromatic N) is 2. The van der Waals surface area contributed by atoms with E-state index in [1.165, 1.54) is 42.4 Å². The Morgan fingerprint density at radius 1 is 1.23 bits per heavy atom. The minimum Gasteiger partial charge on any atom is -0.353 e. The molecule has 0 atom stereocenters. The molecule has 6 nitrogen and oxygen atoms in total. The zero-order valence-electron chi connectivity index (χ0n) is 14.0. The summed E-state index contributed by atoms with van der Waals surface area (Å²) in [5, 5.41) is 14.5. The first kappa shape index (κ1) is 19.1. The van der Waals surface area contributed by atoms with Crippen LogP contribution in [0.3, 0.4) is 0 Å². The largest absolute Gasteiger partial charge is 0.353 e. The number of aromatic nitrogens is 2. The van der Waals surface area contributed by atoms with Crippen molar-refractivity contribution in [1.82, 2.24) is 15.5 Å². The molecule has 1 saturated carbocycles. The lowest BCUT2D eigenvalue weighted by molar-refractivity contribution is -0.119. The van der Waals surface area contributed by atoms with E-state index in [0.717, 1.165) is 12.8 Å². The van der Waals surface area contributed by atoms with Crippen LogP contribution in [-0.2, 0) is 4.79 Å². The Morgan fingerprint density at radius 3 is 2.81 bits per heavy atom. The summed E-state index contributed by atoms with van der Waals surface area (Å²) in [6.45, 7) is 0. The number of hydrogen-bond acceptors (Lipinski definition) is 6. The molecule has 0 radical (unpaired) electrons. The van der Waals surface area contributed by atoms with Crippen molar-refractivity contribution in [3.05, 3.63) is 34.3 Å². The highest BCUT2D eigenvalue weighted by atomic mass is 35.5. The summed E-state index contributed by atoms with van der Waals surface area (Å²) in [4.78, 5) is 24.2. The first-order valence-electron chi connectivity index (χ1n) is 8.43. The maximum Gasteiger partial charge on any atom is 0.286 e. The Balaban J connectivity index is 1.47. The van der Waals surface area contributed by atoms with Crippen LogP contribution >= 0.6 is 34.7 Å². The van der Waals surface area contributed by atoms with Crippen LogP contribution in [0.5, 0.6) is 0 Å². The van der Waals surface area contributed by atoms with Crippen molar-refractivity contribution >= 4 is 52.2 Å². The Labute approximate surface area is 165 Å². The predicted octanol–water partition coefficient (Wildman–Crippen LogP) is 3.98. The van der Waals surface area contributed by atoms with Crippen LogP contribution in [0.4, 0.5) is 5.69 Å². The van der Waals surface area contributed by atoms with Crippen LogP contribution in [0.2, 0.25) is 5.02 Å². The van der Waals surface area contributed by atoms with Crippen LogP contribution in [-0.4, -0.2) is 33.8 Å². The summed E-state index contributed by atoms with van der Waals surface area (Å²) >= 11 is 8.37. The van der Waals surface area contributed by atoms with Crippen molar-refractivity contribution in [2.75, 3.05) is 11.1 Å². The van der Waals surface area contributed by atoms with E-state index in [2.05, 4.69) is 20.8 Å². The summed E-state index contributed by atoms with van der Waals surface area (Å²) in [6, 6.07) is 7.19. The fraction of sp³-hybridized carbons (Fsp3) is 0.412. The van der Waals surface area contributed by atoms with Gasteiger partial charge in [-0.3, -0.25) is 9.59 Å². The van der Waals surface area contributed by atoms with Gasteiger partial charge in [-0.2, -0.15) is 0 Å². The first-order chi connectivity index (χ1) is 12.6. The third-order valence-electron chi connectivity index (χ3n) is 3.98. The van der Waals surface area contributed by atoms with Gasteiger partial charge in [-0.05, 0) is 31.0 Å². The van der Waals surface area contributed by atoms with Crippen LogP contribution in [0.25, 0.3) is 0 Å². The van der Waals surface area contributed by atoms with Gasteiger partial charge in [-0.15, -0.1) is 10.2 Å². The molecule has 0 unspecified atom stereocenters. The van der Waals surface area contributed by atoms with Gasteiger partial charge in [0.2, 0.25) is 10.9 Å². The van der Waals surface area contributed by atoms with Crippen molar-refractivity contribution in [2.24, 2.45) is 0 Å². The molecule has 26 heavy (non-hydrogen) atoms. The second kappa shape index (κ2) is 9.34. The number of anilines is 1. The number of benzene rings is 1. The zero-order valence-corrected chi connectivity index (χ0v) is 16.4. The molecule has 2 amide bonds. The van der Waals surface area contributed by atoms with E-state index in [1.54, 1.807) is 24.3 Å². The molecule has 2 N–H and O–H groups in total. The average Bonchev–Trinajstić information content (AvgIpc) is 3.10. The molecule has 2 aromatic rings. The molecule has 1 aliphatic rings. The maximum atomic E-state index is 12.2. The molecule has 0 spiro atoms. The van der Waals surface area contributed by atoms with E-state index in [4.69, 9.17) is 11.6 Å². The van der Waals surface area contributed by atoms with Gasteiger partial charge in [-0.1, -0.05) is 60.0 Å². The van der Waals surface area contributed by atoms with Gasteiger partial charge in [0.15, 0.2) is 4.34 Å². The third-order valence-corrected chi connectivity index (χ3v) is 6.27. The Hall–Kier alpha value is -1.64. The van der Waals surface area contributed by atoms with E-state index in [1.807, 2.05) is 0 Å². The topological polar surface area (TPSA) is 84.0 Å². The molecule has 1 aromatic heterocycles. The fourth-order valence-electron chi connectivity index (χ4n) is 2.75. The first-order valence-corrected chi connectivity index (χ1v) is 10.6. The number of amides is 2. The number of hydrogen-bond donors (Lipinski definition) is 2. The van der Waals surface area contributed by atoms with Gasteiger partial charge in [0.1, 0.15) is 0 Å². The third kappa shape index (κ3) is 5.69. The van der Waals surface area contributed by atoms with E-state index in [0.29, 0.717) is 21.1 Å². The van der Waals surface area contributed by atoms with Gasteiger partial charge >= 0.3 is 0 Å². The molecule has 1 heterocycles. The minimum absolute atomic E-state index is 0.00188. The van der Waals surface area contributed by atoms with E-state index < -0.39 is 0 Å². The van der Waals surface area contributed by atoms with E-state index in [9.17, 15) is 9.59 Å². The number of carbonyl (C=O) groups is 2. The summed E-state index contributed by atoms with van der Waals surface area (Å²) in [7, 11) is 0. The SMILES string of the molecule is O=C(CSc1nnc(C(=O)Nc2cccc(Cl)c2)s1)NC1CCCCC1. The van der Waals surface area contributed by atoms with E-state index in [-0.39, 0.29) is 22.6 Å². The number of rotatable bonds is 6. The number of thioether (sulfide) groups is 1. The Kier molecular flexibility index (Phi) is 6.87. The monoisotopic (exact) mass is 410 g/mol. The van der Waals surface area contributed by atoms with Gasteiger partial charge < -0.3 is 10.6 Å². The molecule has 0 bridgehead atoms. The smallest absolute Gasteiger partial charge is 0.286 e. The summed E-state index contributed by atoms with van der Waals surface area (Å²) < 4.78 is 0.597. The second-order valence-corrected chi connectivity index (χ2v) is 8.67. The van der Waals surface area contributed by atoms with E-state index >= 15 is 0 Å². The molecule has 1 aliphatic carbocycles. The van der Waals surface area contributed by atoms with Crippen molar-refractivity contribution in [3.8, 4) is 0 Å². The molecule has 9 heteroatoms. The highest BCUT2D eigenvalue weighted by Crippen LogP contribution is 2.24. The van der Waals surface area contributed by atoms with Crippen molar-refractivity contribution in [1.29, 1.82) is 0 Å². The molecule has 1 fully saturated rings. The van der Waals surface area contributed by atoms with Crippen molar-refractivity contribution in [3.63, 3.8) is 0 Å². The zero-order chi connectivity index (χ0) is 18.4. The molecule has 0 saturated heterocycles. The Morgan fingerprint density at radius 2 is 2.04 bits per heavy atom. The second-order valence-electron chi connectivity index (χ2n) is 6.03. The van der Waals surface area contributed by atoms with Gasteiger partial charge in [-0.25, -0.2) is 0 Å². The predicted molar refractivity (Wildman–Crippen MR) is 105 cm³/mol. The normalized spacial score (nSPS) is 14.8. The molecule has 3 rings (SSSR count). The molecule has 138 valence electrons. The molecular formula is C17H19ClN4O2S2. The van der Waals surface area contributed by atoms with Crippen LogP contribution in [0.1, 0.15) is 41.9 Å². The van der Waals surface area contributed by atoms with Crippen LogP contribution < -0.4 is 10.6 Å². The summed E-state index contributed by atoms with van der Waals surface area (Å²) in [5.74, 6) is -0.0635. The standard InChI is InChI=1S/C17H19ClN4O2S2/c18-11-5-4-8-13(9-11)20-15(24)16-21-22-17(26-16)25-10-14(23)19-12-6-2-1-3-7-12/h4-5,8-9,12H,1-3,6-7,10H2,(H,19,23)(H,20,24). The number of nitrogens with one attached hydrogen (secondary N) is 2. The van der Waals surface area contributed by atoms with Gasteiger partial charge in [0, 0.05) is 16.8 Å². The fourth-order valence-corrected chi connectivity index (χ4v) is 4.50. The molecule has 1 aromatic carbocycles. The minimum atomic E-state index is -0.344. The quantitative estimate of drug-likeness (QED) is 0.703. The highest BCUT2D eigenvalue weighted by molar-refractivity contribution is 8.01. The lowest BCUT2D eigenvalue weighted by Gasteiger charge is -2.22. The lowest BCUT2D eigenvalue weighted by Crippen LogP contribution is -2.37. The van der Waals surface area contributed by atoms with Gasteiger partial charge in [0.25, 0.3) is 5.91 Å². The average molecular weight is 411 g/mol. The maximum absolute atomic E-state index is 12.2. The summed E-state index contributed by atoms with van der Waals surface area (Å²) in [6.07, 6.45) is 5.73. The molecule has 0 aliphatic heterocycles. The summed E-state index contributed by atoms with van der Waals surface area (Å²) in [5.41, 5.74) is 0.596.